The number of hydrogen-bond donors (Lipinski definition) is 0. The molecule has 0 saturated heterocycles. The van der Waals surface area contributed by atoms with E-state index in [0.717, 1.165) is 16.2 Å². The highest BCUT2D eigenvalue weighted by Gasteiger charge is 2.12. The van der Waals surface area contributed by atoms with Crippen molar-refractivity contribution >= 4 is 17.7 Å². The smallest absolute Gasteiger partial charge is 0.340 e. The zero-order valence-electron chi connectivity index (χ0n) is 11.8. The van der Waals surface area contributed by atoms with Gasteiger partial charge in [0.1, 0.15) is 11.6 Å². The van der Waals surface area contributed by atoms with Gasteiger partial charge < -0.3 is 9.47 Å². The summed E-state index contributed by atoms with van der Waals surface area (Å²) in [6.45, 7) is 0. The first-order valence-corrected chi connectivity index (χ1v) is 7.26. The Bertz CT molecular complexity index is 643. The molecule has 0 radical (unpaired) electrons. The van der Waals surface area contributed by atoms with Gasteiger partial charge in [-0.3, -0.25) is 0 Å². The number of ether oxygens (including phenoxy) is 2. The highest BCUT2D eigenvalue weighted by atomic mass is 32.2. The van der Waals surface area contributed by atoms with Crippen LogP contribution in [0.1, 0.15) is 15.9 Å². The predicted molar refractivity (Wildman–Crippen MR) is 80.3 cm³/mol. The van der Waals surface area contributed by atoms with E-state index in [1.54, 1.807) is 24.9 Å². The maximum atomic E-state index is 13.8. The monoisotopic (exact) mass is 306 g/mol. The number of halogens is 1. The van der Waals surface area contributed by atoms with Crippen LogP contribution >= 0.6 is 11.8 Å². The van der Waals surface area contributed by atoms with E-state index in [4.69, 9.17) is 4.74 Å². The molecule has 0 aliphatic carbocycles. The number of methoxy groups -OCH3 is 2. The molecule has 2 rings (SSSR count). The van der Waals surface area contributed by atoms with Crippen LogP contribution in [0.15, 0.2) is 47.4 Å². The summed E-state index contributed by atoms with van der Waals surface area (Å²) in [5.74, 6) is 0.156. The first-order chi connectivity index (χ1) is 10.1. The molecule has 5 heteroatoms. The molecule has 0 heterocycles. The summed E-state index contributed by atoms with van der Waals surface area (Å²) >= 11 is 1.57. The van der Waals surface area contributed by atoms with Gasteiger partial charge in [0.15, 0.2) is 0 Å². The van der Waals surface area contributed by atoms with Crippen molar-refractivity contribution in [2.24, 2.45) is 0 Å². The molecule has 110 valence electrons. The molecule has 0 amide bonds. The minimum absolute atomic E-state index is 0.0485. The fourth-order valence-corrected chi connectivity index (χ4v) is 2.67. The molecule has 0 aromatic heterocycles. The van der Waals surface area contributed by atoms with E-state index in [-0.39, 0.29) is 5.56 Å². The average molecular weight is 306 g/mol. The van der Waals surface area contributed by atoms with Gasteiger partial charge in [-0.2, -0.15) is 0 Å². The summed E-state index contributed by atoms with van der Waals surface area (Å²) in [5.41, 5.74) is 0.751. The maximum Gasteiger partial charge on any atom is 0.340 e. The third-order valence-electron chi connectivity index (χ3n) is 2.89. The quantitative estimate of drug-likeness (QED) is 0.620. The van der Waals surface area contributed by atoms with Crippen molar-refractivity contribution in [2.75, 3.05) is 14.2 Å². The third-order valence-corrected chi connectivity index (χ3v) is 3.95. The zero-order chi connectivity index (χ0) is 15.2. The highest BCUT2D eigenvalue weighted by molar-refractivity contribution is 7.98. The largest absolute Gasteiger partial charge is 0.497 e. The van der Waals surface area contributed by atoms with Gasteiger partial charge in [0.2, 0.25) is 0 Å². The fraction of sp³-hybridized carbons (Fsp3) is 0.188. The van der Waals surface area contributed by atoms with Gasteiger partial charge in [-0.05, 0) is 35.9 Å². The van der Waals surface area contributed by atoms with Gasteiger partial charge >= 0.3 is 5.97 Å². The second kappa shape index (κ2) is 7.13. The summed E-state index contributed by atoms with van der Waals surface area (Å²) in [5, 5.41) is 0. The highest BCUT2D eigenvalue weighted by Crippen LogP contribution is 2.26. The molecule has 0 fully saturated rings. The molecule has 2 aromatic rings. The molecule has 0 spiro atoms. The first kappa shape index (κ1) is 15.4. The molecule has 0 saturated carbocycles. The molecule has 0 unspecified atom stereocenters. The Kier molecular flexibility index (Phi) is 5.22. The van der Waals surface area contributed by atoms with Crippen LogP contribution in [0.4, 0.5) is 4.39 Å². The topological polar surface area (TPSA) is 35.5 Å². The number of rotatable bonds is 5. The minimum Gasteiger partial charge on any atom is -0.497 e. The maximum absolute atomic E-state index is 13.8. The number of hydrogen-bond acceptors (Lipinski definition) is 4. The number of carbonyl (C=O) groups excluding carboxylic acids is 1. The van der Waals surface area contributed by atoms with Crippen molar-refractivity contribution < 1.29 is 18.7 Å². The van der Waals surface area contributed by atoms with E-state index in [1.165, 1.54) is 19.2 Å². The van der Waals surface area contributed by atoms with Gasteiger partial charge in [-0.25, -0.2) is 9.18 Å². The van der Waals surface area contributed by atoms with Gasteiger partial charge in [0, 0.05) is 10.6 Å². The van der Waals surface area contributed by atoms with Crippen molar-refractivity contribution in [2.45, 2.75) is 10.6 Å². The molecule has 3 nitrogen and oxygen atoms in total. The van der Waals surface area contributed by atoms with Crippen molar-refractivity contribution in [3.05, 3.63) is 59.4 Å². The number of carbonyl (C=O) groups is 1. The summed E-state index contributed by atoms with van der Waals surface area (Å²) in [7, 11) is 2.85. The average Bonchev–Trinajstić information content (AvgIpc) is 2.52. The normalized spacial score (nSPS) is 10.2. The molecule has 0 bridgehead atoms. The third kappa shape index (κ3) is 3.98. The van der Waals surface area contributed by atoms with E-state index in [2.05, 4.69) is 4.74 Å². The lowest BCUT2D eigenvalue weighted by molar-refractivity contribution is 0.0595. The zero-order valence-corrected chi connectivity index (χ0v) is 12.6. The predicted octanol–water partition coefficient (Wildman–Crippen LogP) is 3.91. The standard InChI is InChI=1S/C16H15FO3S/c1-19-12-4-3-5-13(9-12)21-10-11-6-7-14(15(17)8-11)16(18)20-2/h3-9H,10H2,1-2H3. The van der Waals surface area contributed by atoms with Crippen LogP contribution < -0.4 is 4.74 Å². The number of thioether (sulfide) groups is 1. The SMILES string of the molecule is COC(=O)c1ccc(CSc2cccc(OC)c2)cc1F. The summed E-state index contributed by atoms with van der Waals surface area (Å²) in [4.78, 5) is 12.3. The van der Waals surface area contributed by atoms with E-state index >= 15 is 0 Å². The summed E-state index contributed by atoms with van der Waals surface area (Å²) in [6.07, 6.45) is 0. The van der Waals surface area contributed by atoms with Crippen LogP contribution in [0.2, 0.25) is 0 Å². The fourth-order valence-electron chi connectivity index (χ4n) is 1.78. The second-order valence-corrected chi connectivity index (χ2v) is 5.32. The molecule has 0 N–H and O–H groups in total. The van der Waals surface area contributed by atoms with E-state index in [9.17, 15) is 9.18 Å². The second-order valence-electron chi connectivity index (χ2n) is 4.27. The van der Waals surface area contributed by atoms with Gasteiger partial charge in [-0.1, -0.05) is 12.1 Å². The summed E-state index contributed by atoms with van der Waals surface area (Å²) in [6, 6.07) is 12.2. The molecular weight excluding hydrogens is 291 g/mol. The lowest BCUT2D eigenvalue weighted by Gasteiger charge is -2.06. The van der Waals surface area contributed by atoms with Crippen LogP contribution in [0.25, 0.3) is 0 Å². The Hall–Kier alpha value is -2.01. The first-order valence-electron chi connectivity index (χ1n) is 6.27. The Balaban J connectivity index is 2.06. The number of esters is 1. The minimum atomic E-state index is -0.667. The lowest BCUT2D eigenvalue weighted by atomic mass is 10.1. The van der Waals surface area contributed by atoms with Crippen molar-refractivity contribution in [1.82, 2.24) is 0 Å². The van der Waals surface area contributed by atoms with Gasteiger partial charge in [-0.15, -0.1) is 11.8 Å². The van der Waals surface area contributed by atoms with Crippen LogP contribution in [-0.4, -0.2) is 20.2 Å². The Labute approximate surface area is 127 Å². The Morgan fingerprint density at radius 3 is 2.67 bits per heavy atom. The Morgan fingerprint density at radius 2 is 2.00 bits per heavy atom. The van der Waals surface area contributed by atoms with Crippen LogP contribution in [0.3, 0.4) is 0 Å². The molecular formula is C16H15FO3S. The van der Waals surface area contributed by atoms with E-state index in [0.29, 0.717) is 5.75 Å². The van der Waals surface area contributed by atoms with Crippen LogP contribution in [0.5, 0.6) is 5.75 Å². The molecule has 0 aliphatic heterocycles. The lowest BCUT2D eigenvalue weighted by Crippen LogP contribution is -2.04. The summed E-state index contributed by atoms with van der Waals surface area (Å²) < 4.78 is 23.5. The van der Waals surface area contributed by atoms with Crippen molar-refractivity contribution in [3.8, 4) is 5.75 Å². The van der Waals surface area contributed by atoms with Crippen LogP contribution in [0, 0.1) is 5.82 Å². The molecule has 0 aliphatic rings. The van der Waals surface area contributed by atoms with Crippen molar-refractivity contribution in [3.63, 3.8) is 0 Å². The van der Waals surface area contributed by atoms with Gasteiger partial charge in [0.05, 0.1) is 19.8 Å². The van der Waals surface area contributed by atoms with Crippen LogP contribution in [-0.2, 0) is 10.5 Å². The molecule has 0 atom stereocenters. The molecule has 21 heavy (non-hydrogen) atoms. The number of benzene rings is 2. The van der Waals surface area contributed by atoms with E-state index in [1.807, 2.05) is 24.3 Å². The molecule has 2 aromatic carbocycles. The van der Waals surface area contributed by atoms with Gasteiger partial charge in [0.25, 0.3) is 0 Å². The van der Waals surface area contributed by atoms with E-state index < -0.39 is 11.8 Å². The Morgan fingerprint density at radius 1 is 1.19 bits per heavy atom. The van der Waals surface area contributed by atoms with Crippen molar-refractivity contribution in [1.29, 1.82) is 0 Å².